The Morgan fingerprint density at radius 2 is 2.00 bits per heavy atom. The molecule has 2 aromatic rings. The highest BCUT2D eigenvalue weighted by Gasteiger charge is 2.31. The van der Waals surface area contributed by atoms with Crippen molar-refractivity contribution in [3.05, 3.63) is 47.7 Å². The number of amides is 2. The number of benzene rings is 1. The van der Waals surface area contributed by atoms with Gasteiger partial charge in [-0.15, -0.1) is 0 Å². The number of nitrogens with one attached hydrogen (secondary N) is 1. The van der Waals surface area contributed by atoms with E-state index in [9.17, 15) is 9.59 Å². The van der Waals surface area contributed by atoms with Crippen molar-refractivity contribution in [3.8, 4) is 5.75 Å². The summed E-state index contributed by atoms with van der Waals surface area (Å²) < 4.78 is 11.0. The van der Waals surface area contributed by atoms with E-state index < -0.39 is 0 Å². The van der Waals surface area contributed by atoms with Crippen molar-refractivity contribution in [1.82, 2.24) is 15.2 Å². The molecule has 1 aromatic heterocycles. The average molecular weight is 397 g/mol. The molecule has 0 radical (unpaired) electrons. The van der Waals surface area contributed by atoms with E-state index in [-0.39, 0.29) is 23.8 Å². The first-order valence-electron chi connectivity index (χ1n) is 10.4. The third-order valence-electron chi connectivity index (χ3n) is 5.85. The summed E-state index contributed by atoms with van der Waals surface area (Å²) in [6.45, 7) is 3.65. The lowest BCUT2D eigenvalue weighted by atomic mass is 9.85. The van der Waals surface area contributed by atoms with Crippen molar-refractivity contribution < 1.29 is 18.7 Å². The van der Waals surface area contributed by atoms with Gasteiger partial charge in [-0.05, 0) is 31.7 Å². The normalized spacial score (nSPS) is 21.6. The SMILES string of the molecule is CCc1ocnc1C(=O)NC1CCC(C(=O)N2CCOc3ccccc3C2)CC1. The fourth-order valence-corrected chi connectivity index (χ4v) is 4.22. The molecular formula is C22H27N3O4. The Bertz CT molecular complexity index is 870. The van der Waals surface area contributed by atoms with Gasteiger partial charge in [-0.3, -0.25) is 9.59 Å². The number of nitrogens with zero attached hydrogens (tertiary/aromatic N) is 2. The van der Waals surface area contributed by atoms with E-state index >= 15 is 0 Å². The molecule has 0 saturated heterocycles. The number of hydrogen-bond acceptors (Lipinski definition) is 5. The molecule has 4 rings (SSSR count). The zero-order valence-electron chi connectivity index (χ0n) is 16.7. The van der Waals surface area contributed by atoms with Crippen LogP contribution in [-0.4, -0.2) is 40.9 Å². The van der Waals surface area contributed by atoms with Crippen LogP contribution in [0.2, 0.25) is 0 Å². The number of aromatic nitrogens is 1. The molecule has 2 aliphatic rings. The Hall–Kier alpha value is -2.83. The van der Waals surface area contributed by atoms with Crippen molar-refractivity contribution in [1.29, 1.82) is 0 Å². The molecule has 1 aromatic carbocycles. The van der Waals surface area contributed by atoms with Gasteiger partial charge in [-0.1, -0.05) is 25.1 Å². The highest BCUT2D eigenvalue weighted by molar-refractivity contribution is 5.93. The van der Waals surface area contributed by atoms with Gasteiger partial charge in [-0.25, -0.2) is 4.98 Å². The molecule has 2 heterocycles. The molecule has 2 amide bonds. The zero-order chi connectivity index (χ0) is 20.2. The number of rotatable bonds is 4. The predicted molar refractivity (Wildman–Crippen MR) is 106 cm³/mol. The zero-order valence-corrected chi connectivity index (χ0v) is 16.7. The molecule has 1 aliphatic heterocycles. The van der Waals surface area contributed by atoms with Crippen molar-refractivity contribution in [2.45, 2.75) is 51.6 Å². The second kappa shape index (κ2) is 8.68. The summed E-state index contributed by atoms with van der Waals surface area (Å²) in [5, 5.41) is 3.05. The monoisotopic (exact) mass is 397 g/mol. The summed E-state index contributed by atoms with van der Waals surface area (Å²) in [4.78, 5) is 31.5. The molecule has 1 aliphatic carbocycles. The smallest absolute Gasteiger partial charge is 0.273 e. The molecule has 29 heavy (non-hydrogen) atoms. The van der Waals surface area contributed by atoms with Crippen LogP contribution in [0.5, 0.6) is 5.75 Å². The van der Waals surface area contributed by atoms with Crippen LogP contribution in [-0.2, 0) is 17.8 Å². The van der Waals surface area contributed by atoms with Gasteiger partial charge in [0.2, 0.25) is 5.91 Å². The van der Waals surface area contributed by atoms with Crippen molar-refractivity contribution in [3.63, 3.8) is 0 Å². The number of oxazole rings is 1. The van der Waals surface area contributed by atoms with E-state index in [1.807, 2.05) is 36.1 Å². The molecule has 0 spiro atoms. The van der Waals surface area contributed by atoms with Gasteiger partial charge in [0.1, 0.15) is 18.1 Å². The van der Waals surface area contributed by atoms with E-state index in [4.69, 9.17) is 9.15 Å². The van der Waals surface area contributed by atoms with Gasteiger partial charge in [-0.2, -0.15) is 0 Å². The van der Waals surface area contributed by atoms with E-state index in [0.717, 1.165) is 37.0 Å². The van der Waals surface area contributed by atoms with Gasteiger partial charge < -0.3 is 19.4 Å². The number of aryl methyl sites for hydroxylation is 1. The highest BCUT2D eigenvalue weighted by Crippen LogP contribution is 2.29. The molecule has 0 atom stereocenters. The molecule has 1 fully saturated rings. The minimum atomic E-state index is -0.188. The number of carbonyl (C=O) groups is 2. The highest BCUT2D eigenvalue weighted by atomic mass is 16.5. The van der Waals surface area contributed by atoms with Gasteiger partial charge >= 0.3 is 0 Å². The number of hydrogen-bond donors (Lipinski definition) is 1. The first kappa shape index (κ1) is 19.5. The van der Waals surface area contributed by atoms with E-state index in [0.29, 0.717) is 37.6 Å². The lowest BCUT2D eigenvalue weighted by Crippen LogP contribution is -2.42. The number of para-hydroxylation sites is 1. The molecule has 0 unspecified atom stereocenters. The van der Waals surface area contributed by atoms with Crippen LogP contribution >= 0.6 is 0 Å². The van der Waals surface area contributed by atoms with E-state index in [1.54, 1.807) is 0 Å². The van der Waals surface area contributed by atoms with Gasteiger partial charge in [0.25, 0.3) is 5.91 Å². The average Bonchev–Trinajstić information content (AvgIpc) is 3.13. The number of ether oxygens (including phenoxy) is 1. The van der Waals surface area contributed by atoms with E-state index in [1.165, 1.54) is 6.39 Å². The van der Waals surface area contributed by atoms with Crippen LogP contribution in [0.4, 0.5) is 0 Å². The lowest BCUT2D eigenvalue weighted by molar-refractivity contribution is -0.137. The maximum atomic E-state index is 13.1. The third-order valence-corrected chi connectivity index (χ3v) is 5.85. The summed E-state index contributed by atoms with van der Waals surface area (Å²) in [6, 6.07) is 7.97. The first-order chi connectivity index (χ1) is 14.2. The number of carbonyl (C=O) groups excluding carboxylic acids is 2. The van der Waals surface area contributed by atoms with Crippen LogP contribution in [0, 0.1) is 5.92 Å². The van der Waals surface area contributed by atoms with Crippen molar-refractivity contribution >= 4 is 11.8 Å². The fourth-order valence-electron chi connectivity index (χ4n) is 4.22. The van der Waals surface area contributed by atoms with Crippen LogP contribution in [0.25, 0.3) is 0 Å². The maximum Gasteiger partial charge on any atom is 0.273 e. The molecule has 7 heteroatoms. The largest absolute Gasteiger partial charge is 0.491 e. The topological polar surface area (TPSA) is 84.7 Å². The second-order valence-corrected chi connectivity index (χ2v) is 7.72. The quantitative estimate of drug-likeness (QED) is 0.857. The summed E-state index contributed by atoms with van der Waals surface area (Å²) in [7, 11) is 0. The van der Waals surface area contributed by atoms with Crippen LogP contribution in [0.3, 0.4) is 0 Å². The lowest BCUT2D eigenvalue weighted by Gasteiger charge is -2.31. The Balaban J connectivity index is 1.31. The van der Waals surface area contributed by atoms with Gasteiger partial charge in [0.15, 0.2) is 12.1 Å². The van der Waals surface area contributed by atoms with Crippen LogP contribution in [0.1, 0.15) is 54.4 Å². The van der Waals surface area contributed by atoms with Crippen LogP contribution < -0.4 is 10.1 Å². The maximum absolute atomic E-state index is 13.1. The van der Waals surface area contributed by atoms with Crippen molar-refractivity contribution in [2.24, 2.45) is 5.92 Å². The molecule has 1 saturated carbocycles. The second-order valence-electron chi connectivity index (χ2n) is 7.72. The molecule has 0 bridgehead atoms. The van der Waals surface area contributed by atoms with Gasteiger partial charge in [0, 0.05) is 30.5 Å². The summed E-state index contributed by atoms with van der Waals surface area (Å²) in [5.74, 6) is 1.49. The number of fused-ring (bicyclic) bond motifs is 1. The summed E-state index contributed by atoms with van der Waals surface area (Å²) in [6.07, 6.45) is 5.09. The molecule has 7 nitrogen and oxygen atoms in total. The minimum absolute atomic E-state index is 0.00617. The predicted octanol–water partition coefficient (Wildman–Crippen LogP) is 2.95. The van der Waals surface area contributed by atoms with Gasteiger partial charge in [0.05, 0.1) is 6.54 Å². The molecule has 1 N–H and O–H groups in total. The van der Waals surface area contributed by atoms with E-state index in [2.05, 4.69) is 10.3 Å². The molecular weight excluding hydrogens is 370 g/mol. The Morgan fingerprint density at radius 1 is 1.21 bits per heavy atom. The summed E-state index contributed by atoms with van der Waals surface area (Å²) >= 11 is 0. The summed E-state index contributed by atoms with van der Waals surface area (Å²) in [5.41, 5.74) is 1.42. The first-order valence-corrected chi connectivity index (χ1v) is 10.4. The fraction of sp³-hybridized carbons (Fsp3) is 0.500. The Morgan fingerprint density at radius 3 is 2.79 bits per heavy atom. The minimum Gasteiger partial charge on any atom is -0.491 e. The third kappa shape index (κ3) is 4.28. The molecule has 154 valence electrons. The van der Waals surface area contributed by atoms with Crippen molar-refractivity contribution in [2.75, 3.05) is 13.2 Å². The Labute approximate surface area is 170 Å². The standard InChI is InChI=1S/C22H27N3O4/c1-2-18-20(23-14-29-18)21(26)24-17-9-7-15(8-10-17)22(27)25-11-12-28-19-6-4-3-5-16(19)13-25/h3-6,14-15,17H,2,7-13H2,1H3,(H,24,26). The Kier molecular flexibility index (Phi) is 5.83. The van der Waals surface area contributed by atoms with Crippen LogP contribution in [0.15, 0.2) is 35.1 Å².